The molecule has 0 saturated carbocycles. The summed E-state index contributed by atoms with van der Waals surface area (Å²) < 4.78 is 13.4. The summed E-state index contributed by atoms with van der Waals surface area (Å²) in [7, 11) is 0. The predicted octanol–water partition coefficient (Wildman–Crippen LogP) is 3.99. The number of carbonyl (C=O) groups excluding carboxylic acids is 1. The van der Waals surface area contributed by atoms with E-state index in [0.29, 0.717) is 11.3 Å². The maximum Gasteiger partial charge on any atom is 0.289 e. The predicted molar refractivity (Wildman–Crippen MR) is 82.1 cm³/mol. The fourth-order valence-electron chi connectivity index (χ4n) is 1.81. The Labute approximate surface area is 130 Å². The summed E-state index contributed by atoms with van der Waals surface area (Å²) in [4.78, 5) is 22.2. The van der Waals surface area contributed by atoms with Crippen molar-refractivity contribution in [2.45, 2.75) is 6.92 Å². The van der Waals surface area contributed by atoms with Crippen LogP contribution >= 0.6 is 11.6 Å². The van der Waals surface area contributed by atoms with Gasteiger partial charge in [0.05, 0.1) is 11.5 Å². The fourth-order valence-corrected chi connectivity index (χ4v) is 2.00. The number of halogens is 2. The second-order valence-corrected chi connectivity index (χ2v) is 5.07. The number of Topliss-reactive ketones (excluding diaryl/α,β-unsaturated/α-hetero) is 1. The van der Waals surface area contributed by atoms with Gasteiger partial charge in [-0.1, -0.05) is 23.7 Å². The number of aryl methyl sites for hydroxylation is 1. The zero-order valence-corrected chi connectivity index (χ0v) is 12.4. The molecule has 0 heterocycles. The molecule has 0 radical (unpaired) electrons. The standard InChI is InChI=1S/C15H12ClFN2O3/c1-9-2-3-10(6-13(9)17)15(20)8-18-11-4-5-12(16)14(7-11)19(21)22/h2-7,18H,8H2,1H3. The Kier molecular flexibility index (Phi) is 4.72. The van der Waals surface area contributed by atoms with Crippen molar-refractivity contribution >= 4 is 28.8 Å². The van der Waals surface area contributed by atoms with E-state index >= 15 is 0 Å². The molecular formula is C15H12ClFN2O3. The lowest BCUT2D eigenvalue weighted by Gasteiger charge is -2.07. The van der Waals surface area contributed by atoms with Gasteiger partial charge in [-0.15, -0.1) is 0 Å². The van der Waals surface area contributed by atoms with Gasteiger partial charge >= 0.3 is 0 Å². The lowest BCUT2D eigenvalue weighted by molar-refractivity contribution is -0.384. The van der Waals surface area contributed by atoms with Crippen LogP contribution in [0, 0.1) is 22.9 Å². The van der Waals surface area contributed by atoms with Crippen LogP contribution < -0.4 is 5.32 Å². The number of carbonyl (C=O) groups is 1. The van der Waals surface area contributed by atoms with Gasteiger partial charge < -0.3 is 5.32 Å². The highest BCUT2D eigenvalue weighted by molar-refractivity contribution is 6.32. The zero-order chi connectivity index (χ0) is 16.3. The zero-order valence-electron chi connectivity index (χ0n) is 11.6. The van der Waals surface area contributed by atoms with Gasteiger partial charge in [-0.05, 0) is 30.7 Å². The summed E-state index contributed by atoms with van der Waals surface area (Å²) in [6.45, 7) is 1.50. The van der Waals surface area contributed by atoms with Crippen molar-refractivity contribution < 1.29 is 14.1 Å². The first-order valence-electron chi connectivity index (χ1n) is 6.35. The highest BCUT2D eigenvalue weighted by atomic mass is 35.5. The Morgan fingerprint density at radius 1 is 1.32 bits per heavy atom. The third-order valence-electron chi connectivity index (χ3n) is 3.09. The number of hydrogen-bond donors (Lipinski definition) is 1. The van der Waals surface area contributed by atoms with Crippen molar-refractivity contribution in [1.29, 1.82) is 0 Å². The molecule has 0 amide bonds. The number of anilines is 1. The fraction of sp³-hybridized carbons (Fsp3) is 0.133. The van der Waals surface area contributed by atoms with E-state index in [0.717, 1.165) is 0 Å². The first kappa shape index (κ1) is 15.9. The molecule has 2 rings (SSSR count). The van der Waals surface area contributed by atoms with E-state index in [9.17, 15) is 19.3 Å². The highest BCUT2D eigenvalue weighted by Gasteiger charge is 2.13. The molecule has 0 aliphatic carbocycles. The van der Waals surface area contributed by atoms with Gasteiger partial charge in [-0.3, -0.25) is 14.9 Å². The number of ketones is 1. The number of benzene rings is 2. The first-order valence-corrected chi connectivity index (χ1v) is 6.73. The van der Waals surface area contributed by atoms with Gasteiger partial charge in [0.25, 0.3) is 5.69 Å². The van der Waals surface area contributed by atoms with E-state index in [2.05, 4.69) is 5.32 Å². The van der Waals surface area contributed by atoms with Gasteiger partial charge in [0, 0.05) is 17.3 Å². The number of hydrogen-bond acceptors (Lipinski definition) is 4. The van der Waals surface area contributed by atoms with E-state index in [-0.39, 0.29) is 28.6 Å². The van der Waals surface area contributed by atoms with Gasteiger partial charge in [0.1, 0.15) is 10.8 Å². The van der Waals surface area contributed by atoms with E-state index < -0.39 is 10.7 Å². The van der Waals surface area contributed by atoms with Crippen LogP contribution in [0.4, 0.5) is 15.8 Å². The number of nitro benzene ring substituents is 1. The van der Waals surface area contributed by atoms with E-state index in [1.807, 2.05) is 0 Å². The molecular weight excluding hydrogens is 311 g/mol. The largest absolute Gasteiger partial charge is 0.377 e. The van der Waals surface area contributed by atoms with Crippen LogP contribution in [0.2, 0.25) is 5.02 Å². The topological polar surface area (TPSA) is 72.2 Å². The van der Waals surface area contributed by atoms with Crippen molar-refractivity contribution in [2.24, 2.45) is 0 Å². The summed E-state index contributed by atoms with van der Waals surface area (Å²) >= 11 is 5.70. The Balaban J connectivity index is 2.09. The second kappa shape index (κ2) is 6.53. The lowest BCUT2D eigenvalue weighted by Crippen LogP contribution is -2.14. The van der Waals surface area contributed by atoms with Crippen molar-refractivity contribution in [3.63, 3.8) is 0 Å². The normalized spacial score (nSPS) is 10.3. The summed E-state index contributed by atoms with van der Waals surface area (Å²) in [5.74, 6) is -0.774. The maximum absolute atomic E-state index is 13.4. The second-order valence-electron chi connectivity index (χ2n) is 4.66. The minimum Gasteiger partial charge on any atom is -0.377 e. The Hall–Kier alpha value is -2.47. The molecule has 7 heteroatoms. The maximum atomic E-state index is 13.4. The highest BCUT2D eigenvalue weighted by Crippen LogP contribution is 2.27. The van der Waals surface area contributed by atoms with Crippen LogP contribution in [0.15, 0.2) is 36.4 Å². The quantitative estimate of drug-likeness (QED) is 0.513. The molecule has 5 nitrogen and oxygen atoms in total. The molecule has 0 atom stereocenters. The summed E-state index contributed by atoms with van der Waals surface area (Å²) in [5.41, 5.74) is 0.828. The van der Waals surface area contributed by atoms with Crippen LogP contribution in [0.3, 0.4) is 0 Å². The van der Waals surface area contributed by atoms with Crippen molar-refractivity contribution in [2.75, 3.05) is 11.9 Å². The molecule has 0 bridgehead atoms. The van der Waals surface area contributed by atoms with Crippen molar-refractivity contribution in [1.82, 2.24) is 0 Å². The van der Waals surface area contributed by atoms with Crippen LogP contribution in [0.25, 0.3) is 0 Å². The summed E-state index contributed by atoms with van der Waals surface area (Å²) in [6, 6.07) is 8.37. The number of nitro groups is 1. The molecule has 0 aromatic heterocycles. The summed E-state index contributed by atoms with van der Waals surface area (Å²) in [5, 5.41) is 13.6. The Morgan fingerprint density at radius 2 is 2.05 bits per heavy atom. The minimum absolute atomic E-state index is 0.0162. The van der Waals surface area contributed by atoms with Crippen LogP contribution in [-0.4, -0.2) is 17.3 Å². The third-order valence-corrected chi connectivity index (χ3v) is 3.41. The average Bonchev–Trinajstić information content (AvgIpc) is 2.48. The van der Waals surface area contributed by atoms with Gasteiger partial charge in [0.2, 0.25) is 0 Å². The first-order chi connectivity index (χ1) is 10.4. The van der Waals surface area contributed by atoms with E-state index in [4.69, 9.17) is 11.6 Å². The third kappa shape index (κ3) is 3.59. The van der Waals surface area contributed by atoms with E-state index in [1.165, 1.54) is 36.4 Å². The van der Waals surface area contributed by atoms with Gasteiger partial charge in [0.15, 0.2) is 5.78 Å². The lowest BCUT2D eigenvalue weighted by atomic mass is 10.1. The van der Waals surface area contributed by atoms with Gasteiger partial charge in [-0.2, -0.15) is 0 Å². The minimum atomic E-state index is -0.606. The van der Waals surface area contributed by atoms with Crippen molar-refractivity contribution in [3.8, 4) is 0 Å². The molecule has 0 saturated heterocycles. The molecule has 0 aliphatic heterocycles. The average molecular weight is 323 g/mol. The smallest absolute Gasteiger partial charge is 0.289 e. The Bertz CT molecular complexity index is 750. The molecule has 0 fully saturated rings. The van der Waals surface area contributed by atoms with Crippen LogP contribution in [-0.2, 0) is 0 Å². The number of rotatable bonds is 5. The number of nitrogens with zero attached hydrogens (tertiary/aromatic N) is 1. The molecule has 22 heavy (non-hydrogen) atoms. The Morgan fingerprint density at radius 3 is 2.68 bits per heavy atom. The van der Waals surface area contributed by atoms with Crippen molar-refractivity contribution in [3.05, 3.63) is 68.5 Å². The van der Waals surface area contributed by atoms with Crippen LogP contribution in [0.1, 0.15) is 15.9 Å². The summed E-state index contributed by atoms with van der Waals surface area (Å²) in [6.07, 6.45) is 0. The number of nitrogens with one attached hydrogen (secondary N) is 1. The van der Waals surface area contributed by atoms with Crippen LogP contribution in [0.5, 0.6) is 0 Å². The molecule has 1 N–H and O–H groups in total. The molecule has 114 valence electrons. The van der Waals surface area contributed by atoms with E-state index in [1.54, 1.807) is 6.92 Å². The molecule has 2 aromatic carbocycles. The monoisotopic (exact) mass is 322 g/mol. The molecule has 0 spiro atoms. The molecule has 0 unspecified atom stereocenters. The molecule has 2 aromatic rings. The SMILES string of the molecule is Cc1ccc(C(=O)CNc2ccc(Cl)c([N+](=O)[O-])c2)cc1F. The van der Waals surface area contributed by atoms with Gasteiger partial charge in [-0.25, -0.2) is 4.39 Å². The molecule has 0 aliphatic rings.